The Balaban J connectivity index is 4.83. The summed E-state index contributed by atoms with van der Waals surface area (Å²) >= 11 is 0. The second-order valence-corrected chi connectivity index (χ2v) is 4.66. The van der Waals surface area contributed by atoms with E-state index in [4.69, 9.17) is 9.47 Å². The number of hydrogen-bond acceptors (Lipinski definition) is 5. The average molecular weight is 259 g/mol. The molecule has 18 heavy (non-hydrogen) atoms. The Bertz CT molecular complexity index is 301. The molecule has 0 spiro atoms. The number of nitrogens with one attached hydrogen (secondary N) is 1. The minimum absolute atomic E-state index is 0.125. The van der Waals surface area contributed by atoms with Crippen molar-refractivity contribution in [1.82, 2.24) is 5.32 Å². The summed E-state index contributed by atoms with van der Waals surface area (Å²) in [6.45, 7) is 8.51. The van der Waals surface area contributed by atoms with E-state index in [0.29, 0.717) is 0 Å². The fourth-order valence-corrected chi connectivity index (χ4v) is 1.01. The van der Waals surface area contributed by atoms with Gasteiger partial charge in [0, 0.05) is 5.41 Å². The molecule has 6 nitrogen and oxygen atoms in total. The standard InChI is InChI=1S/C12H21NO5/c1-6-17-9(14)8(10(15)18-7-2)13-11(16)12(3,4)5/h8H,6-7H2,1-5H3,(H,13,16). The van der Waals surface area contributed by atoms with Crippen molar-refractivity contribution in [2.45, 2.75) is 40.7 Å². The number of hydrogen-bond donors (Lipinski definition) is 1. The molecule has 0 aliphatic rings. The Morgan fingerprint density at radius 2 is 1.39 bits per heavy atom. The zero-order valence-corrected chi connectivity index (χ0v) is 11.5. The van der Waals surface area contributed by atoms with Crippen molar-refractivity contribution in [3.05, 3.63) is 0 Å². The van der Waals surface area contributed by atoms with E-state index in [1.807, 2.05) is 0 Å². The third-order valence-electron chi connectivity index (χ3n) is 2.00. The fourth-order valence-electron chi connectivity index (χ4n) is 1.01. The molecule has 1 amide bonds. The maximum absolute atomic E-state index is 11.8. The van der Waals surface area contributed by atoms with Crippen molar-refractivity contribution in [2.24, 2.45) is 5.41 Å². The van der Waals surface area contributed by atoms with Crippen LogP contribution in [-0.2, 0) is 23.9 Å². The van der Waals surface area contributed by atoms with Gasteiger partial charge in [-0.15, -0.1) is 0 Å². The number of carbonyl (C=O) groups excluding carboxylic acids is 3. The van der Waals surface area contributed by atoms with Crippen molar-refractivity contribution >= 4 is 17.8 Å². The second kappa shape index (κ2) is 6.98. The lowest BCUT2D eigenvalue weighted by atomic mass is 9.95. The third kappa shape index (κ3) is 5.16. The van der Waals surface area contributed by atoms with Crippen LogP contribution in [0.5, 0.6) is 0 Å². The topological polar surface area (TPSA) is 81.7 Å². The van der Waals surface area contributed by atoms with E-state index in [2.05, 4.69) is 5.32 Å². The van der Waals surface area contributed by atoms with Crippen LogP contribution in [0.4, 0.5) is 0 Å². The Kier molecular flexibility index (Phi) is 6.36. The highest BCUT2D eigenvalue weighted by Gasteiger charge is 2.34. The Morgan fingerprint density at radius 3 is 1.67 bits per heavy atom. The van der Waals surface area contributed by atoms with Gasteiger partial charge in [-0.3, -0.25) is 4.79 Å². The maximum atomic E-state index is 11.8. The summed E-state index contributed by atoms with van der Waals surface area (Å²) in [6.07, 6.45) is 0. The van der Waals surface area contributed by atoms with Crippen LogP contribution in [0.1, 0.15) is 34.6 Å². The molecule has 0 aromatic rings. The smallest absolute Gasteiger partial charge is 0.340 e. The normalized spacial score (nSPS) is 11.0. The predicted molar refractivity (Wildman–Crippen MR) is 64.7 cm³/mol. The fraction of sp³-hybridized carbons (Fsp3) is 0.750. The van der Waals surface area contributed by atoms with Gasteiger partial charge in [0.15, 0.2) is 0 Å². The van der Waals surface area contributed by atoms with Gasteiger partial charge >= 0.3 is 11.9 Å². The first-order valence-corrected chi connectivity index (χ1v) is 5.88. The van der Waals surface area contributed by atoms with E-state index >= 15 is 0 Å². The Hall–Kier alpha value is -1.59. The van der Waals surface area contributed by atoms with Crippen LogP contribution in [0.2, 0.25) is 0 Å². The third-order valence-corrected chi connectivity index (χ3v) is 2.00. The quantitative estimate of drug-likeness (QED) is 0.579. The zero-order valence-electron chi connectivity index (χ0n) is 11.5. The van der Waals surface area contributed by atoms with Gasteiger partial charge in [-0.2, -0.15) is 0 Å². The highest BCUT2D eigenvalue weighted by atomic mass is 16.6. The largest absolute Gasteiger partial charge is 0.464 e. The van der Waals surface area contributed by atoms with E-state index in [-0.39, 0.29) is 13.2 Å². The lowest BCUT2D eigenvalue weighted by Gasteiger charge is -2.22. The number of ether oxygens (including phenoxy) is 2. The van der Waals surface area contributed by atoms with Crippen LogP contribution in [0.25, 0.3) is 0 Å². The molecule has 0 aromatic carbocycles. The van der Waals surface area contributed by atoms with E-state index in [1.54, 1.807) is 34.6 Å². The number of rotatable bonds is 5. The second-order valence-electron chi connectivity index (χ2n) is 4.66. The summed E-state index contributed by atoms with van der Waals surface area (Å²) in [4.78, 5) is 34.9. The molecule has 0 aliphatic heterocycles. The molecule has 0 saturated carbocycles. The van der Waals surface area contributed by atoms with Crippen LogP contribution in [0.3, 0.4) is 0 Å². The molecule has 1 N–H and O–H groups in total. The van der Waals surface area contributed by atoms with Crippen molar-refractivity contribution in [3.63, 3.8) is 0 Å². The lowest BCUT2D eigenvalue weighted by Crippen LogP contribution is -2.51. The highest BCUT2D eigenvalue weighted by Crippen LogP contribution is 2.13. The Labute approximate surface area is 107 Å². The van der Waals surface area contributed by atoms with E-state index in [9.17, 15) is 14.4 Å². The summed E-state index contributed by atoms with van der Waals surface area (Å²) in [6, 6.07) is -1.41. The highest BCUT2D eigenvalue weighted by molar-refractivity contribution is 6.03. The maximum Gasteiger partial charge on any atom is 0.340 e. The minimum Gasteiger partial charge on any atom is -0.464 e. The zero-order chi connectivity index (χ0) is 14.3. The molecule has 0 unspecified atom stereocenters. The molecular formula is C12H21NO5. The molecule has 0 rings (SSSR count). The van der Waals surface area contributed by atoms with Gasteiger partial charge in [-0.1, -0.05) is 20.8 Å². The van der Waals surface area contributed by atoms with Crippen LogP contribution in [0.15, 0.2) is 0 Å². The summed E-state index contributed by atoms with van der Waals surface area (Å²) in [5.41, 5.74) is -0.711. The van der Waals surface area contributed by atoms with E-state index in [1.165, 1.54) is 0 Å². The van der Waals surface area contributed by atoms with Crippen molar-refractivity contribution in [1.29, 1.82) is 0 Å². The summed E-state index contributed by atoms with van der Waals surface area (Å²) in [7, 11) is 0. The first-order valence-electron chi connectivity index (χ1n) is 5.88. The van der Waals surface area contributed by atoms with Gasteiger partial charge < -0.3 is 14.8 Å². The van der Waals surface area contributed by atoms with Crippen LogP contribution < -0.4 is 5.32 Å². The van der Waals surface area contributed by atoms with Crippen molar-refractivity contribution < 1.29 is 23.9 Å². The number of esters is 2. The average Bonchev–Trinajstić information content (AvgIpc) is 2.24. The monoisotopic (exact) mass is 259 g/mol. The van der Waals surface area contributed by atoms with Gasteiger partial charge in [0.1, 0.15) is 0 Å². The van der Waals surface area contributed by atoms with Crippen molar-refractivity contribution in [2.75, 3.05) is 13.2 Å². The summed E-state index contributed by atoms with van der Waals surface area (Å²) < 4.78 is 9.46. The molecule has 0 radical (unpaired) electrons. The number of amides is 1. The molecule has 0 heterocycles. The van der Waals surface area contributed by atoms with Gasteiger partial charge in [-0.25, -0.2) is 9.59 Å². The van der Waals surface area contributed by atoms with E-state index in [0.717, 1.165) is 0 Å². The molecule has 6 heteroatoms. The first-order chi connectivity index (χ1) is 8.23. The Morgan fingerprint density at radius 1 is 1.00 bits per heavy atom. The molecule has 0 saturated heterocycles. The first kappa shape index (κ1) is 16.4. The minimum atomic E-state index is -1.41. The SMILES string of the molecule is CCOC(=O)C(NC(=O)C(C)(C)C)C(=O)OCC. The van der Waals surface area contributed by atoms with Gasteiger partial charge in [0.05, 0.1) is 13.2 Å². The molecular weight excluding hydrogens is 238 g/mol. The van der Waals surface area contributed by atoms with Gasteiger partial charge in [0.25, 0.3) is 0 Å². The lowest BCUT2D eigenvalue weighted by molar-refractivity contribution is -0.160. The van der Waals surface area contributed by atoms with Gasteiger partial charge in [0.2, 0.25) is 11.9 Å². The van der Waals surface area contributed by atoms with Gasteiger partial charge in [-0.05, 0) is 13.8 Å². The van der Waals surface area contributed by atoms with E-state index < -0.39 is 29.3 Å². The molecule has 0 aromatic heterocycles. The van der Waals surface area contributed by atoms with Crippen LogP contribution in [-0.4, -0.2) is 37.1 Å². The summed E-state index contributed by atoms with van der Waals surface area (Å²) in [5, 5.41) is 2.34. The number of carbonyl (C=O) groups is 3. The predicted octanol–water partition coefficient (Wildman–Crippen LogP) is 0.643. The van der Waals surface area contributed by atoms with Crippen LogP contribution >= 0.6 is 0 Å². The summed E-state index contributed by atoms with van der Waals surface area (Å²) in [5.74, 6) is -2.05. The molecule has 0 aliphatic carbocycles. The van der Waals surface area contributed by atoms with Crippen LogP contribution in [0, 0.1) is 5.41 Å². The molecule has 0 fully saturated rings. The van der Waals surface area contributed by atoms with Crippen molar-refractivity contribution in [3.8, 4) is 0 Å². The molecule has 104 valence electrons. The molecule has 0 bridgehead atoms. The molecule has 0 atom stereocenters.